The van der Waals surface area contributed by atoms with E-state index in [1.54, 1.807) is 38.1 Å². The van der Waals surface area contributed by atoms with Gasteiger partial charge in [-0.05, 0) is 43.7 Å². The van der Waals surface area contributed by atoms with E-state index in [1.165, 1.54) is 12.0 Å². The number of carbonyl (C=O) groups is 2. The Labute approximate surface area is 197 Å². The third kappa shape index (κ3) is 6.96. The van der Waals surface area contributed by atoms with E-state index in [9.17, 15) is 18.0 Å². The van der Waals surface area contributed by atoms with Crippen molar-refractivity contribution in [3.8, 4) is 5.75 Å². The van der Waals surface area contributed by atoms with Crippen LogP contribution in [-0.2, 0) is 26.2 Å². The second-order valence-corrected chi connectivity index (χ2v) is 10.0. The number of likely N-dealkylation sites (N-methyl/N-ethyl adjacent to an activating group) is 1. The molecule has 1 N–H and O–H groups in total. The molecule has 0 bridgehead atoms. The molecule has 0 aliphatic heterocycles. The summed E-state index contributed by atoms with van der Waals surface area (Å²) >= 11 is 3.38. The summed E-state index contributed by atoms with van der Waals surface area (Å²) in [5.74, 6) is -0.351. The number of amides is 2. The van der Waals surface area contributed by atoms with Crippen LogP contribution in [0.15, 0.2) is 53.0 Å². The quantitative estimate of drug-likeness (QED) is 0.514. The second kappa shape index (κ2) is 11.3. The highest BCUT2D eigenvalue weighted by molar-refractivity contribution is 9.10. The second-order valence-electron chi connectivity index (χ2n) is 7.19. The predicted molar refractivity (Wildman–Crippen MR) is 128 cm³/mol. The molecule has 2 amide bonds. The van der Waals surface area contributed by atoms with Gasteiger partial charge in [0.2, 0.25) is 21.8 Å². The Morgan fingerprint density at radius 1 is 1.16 bits per heavy atom. The molecule has 10 heteroatoms. The number of nitrogens with zero attached hydrogens (tertiary/aromatic N) is 2. The van der Waals surface area contributed by atoms with E-state index in [0.717, 1.165) is 20.6 Å². The van der Waals surface area contributed by atoms with Crippen LogP contribution in [0.3, 0.4) is 0 Å². The molecule has 0 aliphatic carbocycles. The lowest BCUT2D eigenvalue weighted by molar-refractivity contribution is -0.139. The summed E-state index contributed by atoms with van der Waals surface area (Å²) < 4.78 is 32.1. The number of rotatable bonds is 10. The Hall–Kier alpha value is -2.59. The van der Waals surface area contributed by atoms with E-state index in [-0.39, 0.29) is 12.5 Å². The molecule has 174 valence electrons. The minimum Gasteiger partial charge on any atom is -0.497 e. The zero-order chi connectivity index (χ0) is 23.9. The number of anilines is 1. The lowest BCUT2D eigenvalue weighted by Crippen LogP contribution is -2.51. The average molecular weight is 526 g/mol. The van der Waals surface area contributed by atoms with E-state index in [1.807, 2.05) is 24.3 Å². The number of benzene rings is 2. The minimum atomic E-state index is -3.78. The van der Waals surface area contributed by atoms with Crippen molar-refractivity contribution in [1.82, 2.24) is 10.2 Å². The van der Waals surface area contributed by atoms with Gasteiger partial charge in [-0.1, -0.05) is 34.1 Å². The number of sulfonamides is 1. The maximum atomic E-state index is 13.3. The molecule has 8 nitrogen and oxygen atoms in total. The molecule has 1 unspecified atom stereocenters. The monoisotopic (exact) mass is 525 g/mol. The summed E-state index contributed by atoms with van der Waals surface area (Å²) in [6, 6.07) is 13.0. The minimum absolute atomic E-state index is 0.153. The molecule has 2 aromatic carbocycles. The van der Waals surface area contributed by atoms with Crippen LogP contribution in [0.4, 0.5) is 5.69 Å². The van der Waals surface area contributed by atoms with Crippen LogP contribution in [-0.4, -0.2) is 57.6 Å². The van der Waals surface area contributed by atoms with Crippen LogP contribution < -0.4 is 14.4 Å². The number of hydrogen-bond acceptors (Lipinski definition) is 5. The Morgan fingerprint density at radius 3 is 2.38 bits per heavy atom. The van der Waals surface area contributed by atoms with Crippen LogP contribution >= 0.6 is 15.9 Å². The van der Waals surface area contributed by atoms with Gasteiger partial charge in [0.15, 0.2) is 0 Å². The topological polar surface area (TPSA) is 96.0 Å². The maximum Gasteiger partial charge on any atom is 0.244 e. The molecule has 0 radical (unpaired) electrons. The van der Waals surface area contributed by atoms with Gasteiger partial charge in [-0.3, -0.25) is 13.9 Å². The molecule has 0 heterocycles. The molecule has 2 aromatic rings. The Balaban J connectivity index is 2.38. The number of nitrogens with one attached hydrogen (secondary N) is 1. The van der Waals surface area contributed by atoms with E-state index >= 15 is 0 Å². The van der Waals surface area contributed by atoms with Gasteiger partial charge in [0.05, 0.1) is 19.1 Å². The third-order valence-corrected chi connectivity index (χ3v) is 6.47. The van der Waals surface area contributed by atoms with Crippen LogP contribution in [0.1, 0.15) is 19.4 Å². The van der Waals surface area contributed by atoms with E-state index in [0.29, 0.717) is 18.0 Å². The van der Waals surface area contributed by atoms with Crippen molar-refractivity contribution in [3.05, 3.63) is 58.6 Å². The Morgan fingerprint density at radius 2 is 1.81 bits per heavy atom. The maximum absolute atomic E-state index is 13.3. The van der Waals surface area contributed by atoms with Gasteiger partial charge in [0, 0.05) is 23.6 Å². The molecular formula is C22H28BrN3O5S. The fraction of sp³-hybridized carbons (Fsp3) is 0.364. The molecule has 0 fully saturated rings. The van der Waals surface area contributed by atoms with Gasteiger partial charge in [-0.15, -0.1) is 0 Å². The average Bonchev–Trinajstić information content (AvgIpc) is 2.75. The zero-order valence-electron chi connectivity index (χ0n) is 18.5. The highest BCUT2D eigenvalue weighted by Crippen LogP contribution is 2.24. The van der Waals surface area contributed by atoms with Crippen LogP contribution in [0.5, 0.6) is 5.75 Å². The number of halogens is 1. The van der Waals surface area contributed by atoms with Crippen LogP contribution in [0.25, 0.3) is 0 Å². The summed E-state index contributed by atoms with van der Waals surface area (Å²) in [4.78, 5) is 27.2. The molecular weight excluding hydrogens is 498 g/mol. The summed E-state index contributed by atoms with van der Waals surface area (Å²) in [7, 11) is -2.31. The van der Waals surface area contributed by atoms with Gasteiger partial charge in [0.25, 0.3) is 0 Å². The standard InChI is InChI=1S/C22H28BrN3O5S/c1-5-24-22(28)16(2)25(14-17-9-11-18(23)12-10-17)21(27)15-26(32(4,29)30)19-7-6-8-20(13-19)31-3/h6-13,16H,5,14-15H2,1-4H3,(H,24,28). The van der Waals surface area contributed by atoms with E-state index in [2.05, 4.69) is 21.2 Å². The first-order chi connectivity index (χ1) is 15.1. The smallest absolute Gasteiger partial charge is 0.244 e. The first-order valence-corrected chi connectivity index (χ1v) is 12.6. The van der Waals surface area contributed by atoms with Crippen LogP contribution in [0, 0.1) is 0 Å². The number of ether oxygens (including phenoxy) is 1. The van der Waals surface area contributed by atoms with Gasteiger partial charge < -0.3 is 15.0 Å². The number of carbonyl (C=O) groups excluding carboxylic acids is 2. The Kier molecular flexibility index (Phi) is 9.09. The first kappa shape index (κ1) is 25.7. The van der Waals surface area contributed by atoms with Crippen molar-refractivity contribution >= 4 is 43.5 Å². The highest BCUT2D eigenvalue weighted by Gasteiger charge is 2.30. The molecule has 0 aromatic heterocycles. The van der Waals surface area contributed by atoms with Crippen molar-refractivity contribution in [2.24, 2.45) is 0 Å². The Bertz CT molecular complexity index is 1040. The van der Waals surface area contributed by atoms with Gasteiger partial charge >= 0.3 is 0 Å². The van der Waals surface area contributed by atoms with Gasteiger partial charge in [-0.25, -0.2) is 8.42 Å². The largest absolute Gasteiger partial charge is 0.497 e. The SMILES string of the molecule is CCNC(=O)C(C)N(Cc1ccc(Br)cc1)C(=O)CN(c1cccc(OC)c1)S(C)(=O)=O. The van der Waals surface area contributed by atoms with Crippen LogP contribution in [0.2, 0.25) is 0 Å². The van der Waals surface area contributed by atoms with Gasteiger partial charge in [0.1, 0.15) is 18.3 Å². The summed E-state index contributed by atoms with van der Waals surface area (Å²) in [5.41, 5.74) is 1.11. The molecule has 32 heavy (non-hydrogen) atoms. The third-order valence-electron chi connectivity index (χ3n) is 4.80. The van der Waals surface area contributed by atoms with Crippen molar-refractivity contribution in [2.45, 2.75) is 26.4 Å². The normalized spacial score (nSPS) is 12.0. The fourth-order valence-electron chi connectivity index (χ4n) is 3.07. The summed E-state index contributed by atoms with van der Waals surface area (Å²) in [6.45, 7) is 3.53. The zero-order valence-corrected chi connectivity index (χ0v) is 20.9. The molecule has 0 saturated heterocycles. The number of methoxy groups -OCH3 is 1. The molecule has 0 aliphatic rings. The summed E-state index contributed by atoms with van der Waals surface area (Å²) in [6.07, 6.45) is 1.03. The van der Waals surface area contributed by atoms with E-state index in [4.69, 9.17) is 4.74 Å². The lowest BCUT2D eigenvalue weighted by Gasteiger charge is -2.31. The number of hydrogen-bond donors (Lipinski definition) is 1. The van der Waals surface area contributed by atoms with Crippen molar-refractivity contribution in [3.63, 3.8) is 0 Å². The molecule has 2 rings (SSSR count). The predicted octanol–water partition coefficient (Wildman–Crippen LogP) is 2.78. The first-order valence-electron chi connectivity index (χ1n) is 10.00. The fourth-order valence-corrected chi connectivity index (χ4v) is 4.18. The highest BCUT2D eigenvalue weighted by atomic mass is 79.9. The van der Waals surface area contributed by atoms with Crippen molar-refractivity contribution < 1.29 is 22.7 Å². The summed E-state index contributed by atoms with van der Waals surface area (Å²) in [5, 5.41) is 2.72. The van der Waals surface area contributed by atoms with E-state index < -0.39 is 28.5 Å². The van der Waals surface area contributed by atoms with Crippen molar-refractivity contribution in [2.75, 3.05) is 30.8 Å². The molecule has 0 spiro atoms. The molecule has 1 atom stereocenters. The molecule has 0 saturated carbocycles. The van der Waals surface area contributed by atoms with Crippen molar-refractivity contribution in [1.29, 1.82) is 0 Å². The lowest BCUT2D eigenvalue weighted by atomic mass is 10.1. The van der Waals surface area contributed by atoms with Gasteiger partial charge in [-0.2, -0.15) is 0 Å².